The highest BCUT2D eigenvalue weighted by Crippen LogP contribution is 2.10. The Morgan fingerprint density at radius 3 is 2.07 bits per heavy atom. The van der Waals surface area contributed by atoms with Crippen LogP contribution in [0.5, 0.6) is 0 Å². The Labute approximate surface area is 90.6 Å². The summed E-state index contributed by atoms with van der Waals surface area (Å²) in [5, 5.41) is 8.75. The molecule has 0 saturated heterocycles. The molecule has 0 aliphatic carbocycles. The van der Waals surface area contributed by atoms with Crippen molar-refractivity contribution in [2.45, 2.75) is 40.2 Å². The van der Waals surface area contributed by atoms with Crippen LogP contribution in [-0.2, 0) is 9.59 Å². The Morgan fingerprint density at radius 1 is 1.27 bits per heavy atom. The van der Waals surface area contributed by atoms with Gasteiger partial charge in [-0.3, -0.25) is 4.79 Å². The third kappa shape index (κ3) is 3.38. The fourth-order valence-corrected chi connectivity index (χ4v) is 1.06. The van der Waals surface area contributed by atoms with Gasteiger partial charge in [-0.2, -0.15) is 0 Å². The molecule has 0 aliphatic heterocycles. The van der Waals surface area contributed by atoms with E-state index in [2.05, 4.69) is 0 Å². The lowest BCUT2D eigenvalue weighted by Crippen LogP contribution is -2.35. The molecule has 15 heavy (non-hydrogen) atoms. The van der Waals surface area contributed by atoms with Gasteiger partial charge < -0.3 is 10.0 Å². The molecular formula is C11H19NO3. The van der Waals surface area contributed by atoms with Crippen molar-refractivity contribution < 1.29 is 14.7 Å². The van der Waals surface area contributed by atoms with E-state index >= 15 is 0 Å². The molecule has 4 heteroatoms. The van der Waals surface area contributed by atoms with Gasteiger partial charge in [0.25, 0.3) is 0 Å². The molecule has 1 atom stereocenters. The van der Waals surface area contributed by atoms with E-state index < -0.39 is 5.97 Å². The van der Waals surface area contributed by atoms with E-state index in [1.165, 1.54) is 6.92 Å². The lowest BCUT2D eigenvalue weighted by molar-refractivity contribution is -0.134. The number of amides is 1. The lowest BCUT2D eigenvalue weighted by atomic mass is 10.1. The smallest absolute Gasteiger partial charge is 0.331 e. The fraction of sp³-hybridized carbons (Fsp3) is 0.636. The van der Waals surface area contributed by atoms with Crippen molar-refractivity contribution in [1.29, 1.82) is 0 Å². The number of carboxylic acids is 1. The number of hydrogen-bond donors (Lipinski definition) is 1. The average Bonchev–Trinajstić information content (AvgIpc) is 2.23. The lowest BCUT2D eigenvalue weighted by Gasteiger charge is -2.24. The van der Waals surface area contributed by atoms with Crippen LogP contribution in [0.2, 0.25) is 0 Å². The van der Waals surface area contributed by atoms with E-state index in [9.17, 15) is 9.59 Å². The van der Waals surface area contributed by atoms with Crippen LogP contribution in [-0.4, -0.2) is 35.0 Å². The number of carbonyl (C=O) groups is 2. The minimum Gasteiger partial charge on any atom is -0.478 e. The van der Waals surface area contributed by atoms with Gasteiger partial charge in [-0.25, -0.2) is 4.79 Å². The Kier molecular flexibility index (Phi) is 5.05. The van der Waals surface area contributed by atoms with E-state index in [-0.39, 0.29) is 17.5 Å². The molecule has 1 unspecified atom stereocenters. The number of aliphatic carboxylic acids is 1. The van der Waals surface area contributed by atoms with Gasteiger partial charge in [-0.05, 0) is 27.2 Å². The second-order valence-corrected chi connectivity index (χ2v) is 3.73. The van der Waals surface area contributed by atoms with Crippen molar-refractivity contribution in [1.82, 2.24) is 4.90 Å². The SMILES string of the molecule is CCC(C)N(C)C(=O)C(C)=C(C)C(=O)O. The predicted molar refractivity (Wildman–Crippen MR) is 58.5 cm³/mol. The Balaban J connectivity index is 4.87. The predicted octanol–water partition coefficient (Wildman–Crippen LogP) is 1.66. The summed E-state index contributed by atoms with van der Waals surface area (Å²) >= 11 is 0. The highest BCUT2D eigenvalue weighted by Gasteiger charge is 2.19. The molecule has 0 aromatic heterocycles. The Morgan fingerprint density at radius 2 is 1.73 bits per heavy atom. The summed E-state index contributed by atoms with van der Waals surface area (Å²) in [7, 11) is 1.69. The van der Waals surface area contributed by atoms with Gasteiger partial charge in [0.05, 0.1) is 0 Å². The first-order valence-corrected chi connectivity index (χ1v) is 5.00. The molecule has 0 spiro atoms. The van der Waals surface area contributed by atoms with Gasteiger partial charge in [0.2, 0.25) is 5.91 Å². The van der Waals surface area contributed by atoms with Crippen LogP contribution in [0.25, 0.3) is 0 Å². The zero-order chi connectivity index (χ0) is 12.2. The number of likely N-dealkylation sites (N-methyl/N-ethyl adjacent to an activating group) is 1. The molecule has 0 aromatic carbocycles. The highest BCUT2D eigenvalue weighted by atomic mass is 16.4. The molecule has 0 aromatic rings. The van der Waals surface area contributed by atoms with Crippen molar-refractivity contribution >= 4 is 11.9 Å². The van der Waals surface area contributed by atoms with E-state index in [1.54, 1.807) is 18.9 Å². The number of carboxylic acid groups (broad SMARTS) is 1. The normalized spacial score (nSPS) is 14.2. The first-order valence-electron chi connectivity index (χ1n) is 5.00. The second kappa shape index (κ2) is 5.53. The molecule has 1 N–H and O–H groups in total. The first-order chi connectivity index (χ1) is 6.82. The summed E-state index contributed by atoms with van der Waals surface area (Å²) in [6.07, 6.45) is 0.849. The van der Waals surface area contributed by atoms with Crippen LogP contribution in [0.3, 0.4) is 0 Å². The van der Waals surface area contributed by atoms with Crippen molar-refractivity contribution in [3.63, 3.8) is 0 Å². The summed E-state index contributed by atoms with van der Waals surface area (Å²) < 4.78 is 0. The van der Waals surface area contributed by atoms with Crippen LogP contribution in [0, 0.1) is 0 Å². The Bertz CT molecular complexity index is 294. The van der Waals surface area contributed by atoms with Crippen molar-refractivity contribution in [2.75, 3.05) is 7.05 Å². The summed E-state index contributed by atoms with van der Waals surface area (Å²) in [6.45, 7) is 6.91. The van der Waals surface area contributed by atoms with Gasteiger partial charge in [0, 0.05) is 24.2 Å². The molecule has 86 valence electrons. The van der Waals surface area contributed by atoms with Gasteiger partial charge >= 0.3 is 5.97 Å². The maximum atomic E-state index is 11.8. The van der Waals surface area contributed by atoms with E-state index in [1.807, 2.05) is 13.8 Å². The molecule has 0 radical (unpaired) electrons. The van der Waals surface area contributed by atoms with E-state index in [0.717, 1.165) is 6.42 Å². The molecule has 0 aliphatic rings. The van der Waals surface area contributed by atoms with Crippen molar-refractivity contribution in [2.24, 2.45) is 0 Å². The molecule has 0 fully saturated rings. The fourth-order valence-electron chi connectivity index (χ4n) is 1.06. The van der Waals surface area contributed by atoms with E-state index in [0.29, 0.717) is 5.57 Å². The Hall–Kier alpha value is -1.32. The number of carbonyl (C=O) groups excluding carboxylic acids is 1. The number of hydrogen-bond acceptors (Lipinski definition) is 2. The molecule has 0 heterocycles. The van der Waals surface area contributed by atoms with Gasteiger partial charge in [0.15, 0.2) is 0 Å². The molecule has 1 amide bonds. The van der Waals surface area contributed by atoms with Crippen molar-refractivity contribution in [3.8, 4) is 0 Å². The topological polar surface area (TPSA) is 57.6 Å². The van der Waals surface area contributed by atoms with Crippen LogP contribution >= 0.6 is 0 Å². The number of rotatable bonds is 4. The van der Waals surface area contributed by atoms with Crippen LogP contribution in [0.4, 0.5) is 0 Å². The molecule has 0 rings (SSSR count). The van der Waals surface area contributed by atoms with Gasteiger partial charge in [-0.1, -0.05) is 6.92 Å². The minimum absolute atomic E-state index is 0.107. The van der Waals surface area contributed by atoms with E-state index in [4.69, 9.17) is 5.11 Å². The third-order valence-corrected chi connectivity index (χ3v) is 2.78. The van der Waals surface area contributed by atoms with Crippen LogP contribution < -0.4 is 0 Å². The zero-order valence-corrected chi connectivity index (χ0v) is 10.00. The molecular weight excluding hydrogens is 194 g/mol. The zero-order valence-electron chi connectivity index (χ0n) is 10.00. The number of nitrogens with zero attached hydrogens (tertiary/aromatic N) is 1. The van der Waals surface area contributed by atoms with Crippen LogP contribution in [0.1, 0.15) is 34.1 Å². The third-order valence-electron chi connectivity index (χ3n) is 2.78. The largest absolute Gasteiger partial charge is 0.478 e. The van der Waals surface area contributed by atoms with Gasteiger partial charge in [-0.15, -0.1) is 0 Å². The maximum Gasteiger partial charge on any atom is 0.331 e. The maximum absolute atomic E-state index is 11.8. The van der Waals surface area contributed by atoms with Crippen LogP contribution in [0.15, 0.2) is 11.1 Å². The summed E-state index contributed by atoms with van der Waals surface area (Å²) in [5.41, 5.74) is 0.403. The highest BCUT2D eigenvalue weighted by molar-refractivity contribution is 6.01. The summed E-state index contributed by atoms with van der Waals surface area (Å²) in [6, 6.07) is 0.119. The van der Waals surface area contributed by atoms with Gasteiger partial charge in [0.1, 0.15) is 0 Å². The summed E-state index contributed by atoms with van der Waals surface area (Å²) in [4.78, 5) is 24.0. The second-order valence-electron chi connectivity index (χ2n) is 3.73. The standard InChI is InChI=1S/C11H19NO3/c1-6-7(2)12(5)10(13)8(3)9(4)11(14)15/h7H,6H2,1-5H3,(H,14,15). The molecule has 4 nitrogen and oxygen atoms in total. The average molecular weight is 213 g/mol. The first kappa shape index (κ1) is 13.7. The van der Waals surface area contributed by atoms with Crippen molar-refractivity contribution in [3.05, 3.63) is 11.1 Å². The molecule has 0 bridgehead atoms. The molecule has 0 saturated carbocycles. The monoisotopic (exact) mass is 213 g/mol. The summed E-state index contributed by atoms with van der Waals surface area (Å²) in [5.74, 6) is -1.26. The minimum atomic E-state index is -1.04. The quantitative estimate of drug-likeness (QED) is 0.722.